The van der Waals surface area contributed by atoms with Gasteiger partial charge < -0.3 is 14.0 Å². The molecule has 9 heteroatoms. The molecule has 0 saturated heterocycles. The van der Waals surface area contributed by atoms with E-state index in [1.165, 1.54) is 19.2 Å². The van der Waals surface area contributed by atoms with Gasteiger partial charge in [-0.1, -0.05) is 12.1 Å². The average Bonchev–Trinajstić information content (AvgIpc) is 3.20. The van der Waals surface area contributed by atoms with Gasteiger partial charge in [0.05, 0.1) is 30.9 Å². The van der Waals surface area contributed by atoms with Gasteiger partial charge in [0.25, 0.3) is 11.6 Å². The largest absolute Gasteiger partial charge is 0.497 e. The second-order valence-electron chi connectivity index (χ2n) is 8.28. The topological polar surface area (TPSA) is 108 Å². The maximum atomic E-state index is 12.6. The molecule has 0 bridgehead atoms. The number of non-ortho nitro benzene ring substituents is 1. The zero-order chi connectivity index (χ0) is 26.5. The Labute approximate surface area is 214 Å². The van der Waals surface area contributed by atoms with Gasteiger partial charge >= 0.3 is 0 Å². The third-order valence-corrected chi connectivity index (χ3v) is 6.03. The number of nitrogens with zero attached hydrogens (tertiary/aromatic N) is 3. The van der Waals surface area contributed by atoms with Crippen molar-refractivity contribution in [1.29, 1.82) is 0 Å². The first-order valence-corrected chi connectivity index (χ1v) is 11.4. The van der Waals surface area contributed by atoms with Gasteiger partial charge in [-0.3, -0.25) is 14.9 Å². The van der Waals surface area contributed by atoms with Crippen LogP contribution >= 0.6 is 0 Å². The molecule has 0 aliphatic heterocycles. The standard InChI is InChI=1S/C28H26N4O5/c1-18-15-22(17-29-30-28(33)26-14-13-25(36-3)16-27(26)37-4)19(2)31(18)23-9-5-20(6-10-23)21-7-11-24(12-8-21)32(34)35/h5-17H,1-4H3,(H,30,33)/b29-17-. The van der Waals surface area contributed by atoms with Crippen LogP contribution in [0.15, 0.2) is 77.9 Å². The van der Waals surface area contributed by atoms with Crippen LogP contribution in [0.4, 0.5) is 5.69 Å². The summed E-state index contributed by atoms with van der Waals surface area (Å²) < 4.78 is 12.6. The molecule has 1 heterocycles. The Hall–Kier alpha value is -4.92. The van der Waals surface area contributed by atoms with Crippen molar-refractivity contribution in [3.63, 3.8) is 0 Å². The van der Waals surface area contributed by atoms with E-state index in [2.05, 4.69) is 15.1 Å². The molecule has 0 saturated carbocycles. The maximum absolute atomic E-state index is 12.6. The lowest BCUT2D eigenvalue weighted by molar-refractivity contribution is -0.384. The summed E-state index contributed by atoms with van der Waals surface area (Å²) >= 11 is 0. The number of carbonyl (C=O) groups is 1. The third-order valence-electron chi connectivity index (χ3n) is 6.03. The minimum Gasteiger partial charge on any atom is -0.497 e. The van der Waals surface area contributed by atoms with E-state index < -0.39 is 10.8 Å². The van der Waals surface area contributed by atoms with Gasteiger partial charge in [0.2, 0.25) is 0 Å². The minimum atomic E-state index is -0.410. The third kappa shape index (κ3) is 5.35. The van der Waals surface area contributed by atoms with Crippen molar-refractivity contribution >= 4 is 17.8 Å². The van der Waals surface area contributed by atoms with Gasteiger partial charge in [-0.05, 0) is 67.4 Å². The number of aromatic nitrogens is 1. The summed E-state index contributed by atoms with van der Waals surface area (Å²) in [6.45, 7) is 3.97. The summed E-state index contributed by atoms with van der Waals surface area (Å²) in [6, 6.07) is 21.4. The number of nitro groups is 1. The second-order valence-corrected chi connectivity index (χ2v) is 8.28. The summed E-state index contributed by atoms with van der Waals surface area (Å²) in [5.74, 6) is 0.582. The summed E-state index contributed by atoms with van der Waals surface area (Å²) in [4.78, 5) is 23.1. The number of ether oxygens (including phenoxy) is 2. The highest BCUT2D eigenvalue weighted by Crippen LogP contribution is 2.26. The number of methoxy groups -OCH3 is 2. The Morgan fingerprint density at radius 1 is 0.946 bits per heavy atom. The maximum Gasteiger partial charge on any atom is 0.275 e. The lowest BCUT2D eigenvalue weighted by Crippen LogP contribution is -2.18. The molecule has 0 fully saturated rings. The number of hydrogen-bond acceptors (Lipinski definition) is 6. The van der Waals surface area contributed by atoms with Crippen molar-refractivity contribution in [2.75, 3.05) is 14.2 Å². The van der Waals surface area contributed by atoms with Gasteiger partial charge in [-0.15, -0.1) is 0 Å². The second kappa shape index (κ2) is 10.8. The number of hydrogen-bond donors (Lipinski definition) is 1. The molecule has 3 aromatic carbocycles. The van der Waals surface area contributed by atoms with Crippen molar-refractivity contribution in [2.45, 2.75) is 13.8 Å². The zero-order valence-electron chi connectivity index (χ0n) is 20.9. The van der Waals surface area contributed by atoms with E-state index in [9.17, 15) is 14.9 Å². The highest BCUT2D eigenvalue weighted by Gasteiger charge is 2.14. The predicted molar refractivity (Wildman–Crippen MR) is 142 cm³/mol. The van der Waals surface area contributed by atoms with Gasteiger partial charge in [-0.2, -0.15) is 5.10 Å². The van der Waals surface area contributed by atoms with Crippen LogP contribution in [0.3, 0.4) is 0 Å². The molecular weight excluding hydrogens is 472 g/mol. The summed E-state index contributed by atoms with van der Waals surface area (Å²) in [7, 11) is 3.03. The van der Waals surface area contributed by atoms with Crippen molar-refractivity contribution in [2.24, 2.45) is 5.10 Å². The molecule has 4 rings (SSSR count). The highest BCUT2D eigenvalue weighted by molar-refractivity contribution is 5.97. The minimum absolute atomic E-state index is 0.0625. The number of nitrogens with one attached hydrogen (secondary N) is 1. The zero-order valence-corrected chi connectivity index (χ0v) is 20.9. The number of amides is 1. The first-order valence-electron chi connectivity index (χ1n) is 11.4. The Balaban J connectivity index is 1.50. The molecule has 1 N–H and O–H groups in total. The molecule has 1 aromatic heterocycles. The smallest absolute Gasteiger partial charge is 0.275 e. The molecule has 0 radical (unpaired) electrons. The monoisotopic (exact) mass is 498 g/mol. The summed E-state index contributed by atoms with van der Waals surface area (Å²) in [5, 5.41) is 15.0. The lowest BCUT2D eigenvalue weighted by Gasteiger charge is -2.11. The summed E-state index contributed by atoms with van der Waals surface area (Å²) in [5.41, 5.74) is 8.60. The van der Waals surface area contributed by atoms with Crippen LogP contribution in [0.5, 0.6) is 11.5 Å². The Morgan fingerprint density at radius 3 is 2.19 bits per heavy atom. The predicted octanol–water partition coefficient (Wildman–Crippen LogP) is 5.45. The normalized spacial score (nSPS) is 10.9. The Kier molecular flexibility index (Phi) is 7.34. The SMILES string of the molecule is COc1ccc(C(=O)N/N=C\c2cc(C)n(-c3ccc(-c4ccc([N+](=O)[O-])cc4)cc3)c2C)c(OC)c1. The molecule has 0 unspecified atom stereocenters. The molecule has 188 valence electrons. The Morgan fingerprint density at radius 2 is 1.59 bits per heavy atom. The van der Waals surface area contributed by atoms with E-state index in [4.69, 9.17) is 9.47 Å². The molecule has 4 aromatic rings. The number of aryl methyl sites for hydroxylation is 1. The fraction of sp³-hybridized carbons (Fsp3) is 0.143. The van der Waals surface area contributed by atoms with E-state index in [0.717, 1.165) is 33.8 Å². The van der Waals surface area contributed by atoms with Crippen molar-refractivity contribution in [3.8, 4) is 28.3 Å². The number of hydrazone groups is 1. The van der Waals surface area contributed by atoms with Crippen LogP contribution < -0.4 is 14.9 Å². The fourth-order valence-corrected chi connectivity index (χ4v) is 4.10. The average molecular weight is 499 g/mol. The molecule has 0 atom stereocenters. The molecular formula is C28H26N4O5. The number of nitro benzene ring substituents is 1. The van der Waals surface area contributed by atoms with Crippen LogP contribution in [0.25, 0.3) is 16.8 Å². The molecule has 9 nitrogen and oxygen atoms in total. The molecule has 1 amide bonds. The molecule has 37 heavy (non-hydrogen) atoms. The van der Waals surface area contributed by atoms with Crippen molar-refractivity contribution in [1.82, 2.24) is 9.99 Å². The van der Waals surface area contributed by atoms with Crippen LogP contribution in [-0.2, 0) is 0 Å². The molecule has 0 aliphatic carbocycles. The lowest BCUT2D eigenvalue weighted by atomic mass is 10.0. The van der Waals surface area contributed by atoms with Gasteiger partial charge in [-0.25, -0.2) is 5.43 Å². The van der Waals surface area contributed by atoms with E-state index in [1.807, 2.05) is 44.2 Å². The number of carbonyl (C=O) groups excluding carboxylic acids is 1. The van der Waals surface area contributed by atoms with E-state index in [0.29, 0.717) is 17.1 Å². The molecule has 0 spiro atoms. The fourth-order valence-electron chi connectivity index (χ4n) is 4.10. The van der Waals surface area contributed by atoms with Crippen LogP contribution in [0.1, 0.15) is 27.3 Å². The van der Waals surface area contributed by atoms with Crippen LogP contribution in [0.2, 0.25) is 0 Å². The van der Waals surface area contributed by atoms with Gasteiger partial charge in [0, 0.05) is 40.8 Å². The van der Waals surface area contributed by atoms with E-state index >= 15 is 0 Å². The van der Waals surface area contributed by atoms with Gasteiger partial charge in [0.15, 0.2) is 0 Å². The quantitative estimate of drug-likeness (QED) is 0.197. The number of benzene rings is 3. The highest BCUT2D eigenvalue weighted by atomic mass is 16.6. The van der Waals surface area contributed by atoms with E-state index in [-0.39, 0.29) is 5.69 Å². The van der Waals surface area contributed by atoms with Crippen molar-refractivity contribution < 1.29 is 19.2 Å². The first kappa shape index (κ1) is 25.2. The first-order chi connectivity index (χ1) is 17.8. The van der Waals surface area contributed by atoms with Crippen LogP contribution in [0, 0.1) is 24.0 Å². The van der Waals surface area contributed by atoms with Gasteiger partial charge in [0.1, 0.15) is 11.5 Å². The summed E-state index contributed by atoms with van der Waals surface area (Å²) in [6.07, 6.45) is 1.61. The van der Waals surface area contributed by atoms with E-state index in [1.54, 1.807) is 43.7 Å². The van der Waals surface area contributed by atoms with Crippen LogP contribution in [-0.4, -0.2) is 35.8 Å². The number of rotatable bonds is 8. The van der Waals surface area contributed by atoms with Crippen molar-refractivity contribution in [3.05, 3.63) is 105 Å². The molecule has 0 aliphatic rings. The Bertz CT molecular complexity index is 1470.